The maximum Gasteiger partial charge on any atom is 0.162 e. The van der Waals surface area contributed by atoms with Crippen molar-refractivity contribution in [3.05, 3.63) is 70.2 Å². The predicted octanol–water partition coefficient (Wildman–Crippen LogP) is 4.21. The summed E-state index contributed by atoms with van der Waals surface area (Å²) < 4.78 is 12.6. The topological polar surface area (TPSA) is 23.1 Å². The van der Waals surface area contributed by atoms with Crippen LogP contribution in [0.1, 0.15) is 16.7 Å². The number of halogens is 1. The fourth-order valence-electron chi connectivity index (χ4n) is 2.49. The van der Waals surface area contributed by atoms with Gasteiger partial charge in [0.25, 0.3) is 0 Å². The van der Waals surface area contributed by atoms with E-state index in [1.807, 2.05) is 35.3 Å². The molecule has 2 aromatic rings. The lowest BCUT2D eigenvalue weighted by molar-refractivity contribution is 0.590. The van der Waals surface area contributed by atoms with Crippen LogP contribution in [-0.4, -0.2) is 4.55 Å². The van der Waals surface area contributed by atoms with Gasteiger partial charge in [0.05, 0.1) is 0 Å². The molecule has 1 aliphatic rings. The van der Waals surface area contributed by atoms with E-state index in [1.165, 1.54) is 16.7 Å². The zero-order valence-electron chi connectivity index (χ0n) is 10.3. The summed E-state index contributed by atoms with van der Waals surface area (Å²) in [4.78, 5) is 3.81. The van der Waals surface area contributed by atoms with Gasteiger partial charge in [-0.25, -0.2) is 0 Å². The van der Waals surface area contributed by atoms with E-state index in [0.717, 1.165) is 22.6 Å². The van der Waals surface area contributed by atoms with Crippen molar-refractivity contribution in [2.24, 2.45) is 0 Å². The lowest BCUT2D eigenvalue weighted by atomic mass is 9.97. The molecule has 96 valence electrons. The summed E-state index contributed by atoms with van der Waals surface area (Å²) in [6.45, 7) is 0. The van der Waals surface area contributed by atoms with Gasteiger partial charge in [0, 0.05) is 28.7 Å². The number of allylic oxidation sites excluding steroid dienone is 1. The van der Waals surface area contributed by atoms with Crippen molar-refractivity contribution in [1.29, 1.82) is 0 Å². The molecular formula is C16H13BrOS. The summed E-state index contributed by atoms with van der Waals surface area (Å²) in [6.07, 6.45) is 3.82. The molecule has 2 aromatic carbocycles. The van der Waals surface area contributed by atoms with Crippen LogP contribution in [0.15, 0.2) is 63.3 Å². The maximum absolute atomic E-state index is 12.6. The summed E-state index contributed by atoms with van der Waals surface area (Å²) in [6, 6.07) is 14.1. The summed E-state index contributed by atoms with van der Waals surface area (Å²) >= 11 is 2.26. The van der Waals surface area contributed by atoms with Crippen molar-refractivity contribution in [2.75, 3.05) is 0 Å². The summed E-state index contributed by atoms with van der Waals surface area (Å²) in [5.74, 6) is 0. The Bertz CT molecular complexity index is 636. The van der Waals surface area contributed by atoms with E-state index in [4.69, 9.17) is 0 Å². The second-order valence-electron chi connectivity index (χ2n) is 4.51. The first-order chi connectivity index (χ1) is 9.31. The lowest BCUT2D eigenvalue weighted by Gasteiger charge is -2.23. The largest absolute Gasteiger partial charge is 0.606 e. The Morgan fingerprint density at radius 3 is 2.74 bits per heavy atom. The standard InChI is InChI=1S/C16H13BrOS/c17-10-4-7-12-6-3-9-16-14(12)11-13-5-1-2-8-15(13)19(16)18/h1-6,8-10H,7,11H2. The third-order valence-corrected chi connectivity index (χ3v) is 5.35. The van der Waals surface area contributed by atoms with Crippen LogP contribution in [0, 0.1) is 0 Å². The van der Waals surface area contributed by atoms with Gasteiger partial charge in [-0.1, -0.05) is 52.3 Å². The van der Waals surface area contributed by atoms with Crippen molar-refractivity contribution in [3.63, 3.8) is 0 Å². The van der Waals surface area contributed by atoms with E-state index in [0.29, 0.717) is 0 Å². The molecule has 1 aliphatic heterocycles. The zero-order valence-corrected chi connectivity index (χ0v) is 12.7. The molecule has 3 rings (SSSR count). The highest BCUT2D eigenvalue weighted by molar-refractivity contribution is 9.11. The van der Waals surface area contributed by atoms with Crippen LogP contribution in [0.25, 0.3) is 0 Å². The van der Waals surface area contributed by atoms with E-state index in [9.17, 15) is 4.55 Å². The normalized spacial score (nSPS) is 17.3. The van der Waals surface area contributed by atoms with Crippen LogP contribution in [0.5, 0.6) is 0 Å². The molecule has 1 heterocycles. The number of fused-ring (bicyclic) bond motifs is 2. The second kappa shape index (κ2) is 5.53. The summed E-state index contributed by atoms with van der Waals surface area (Å²) in [5.41, 5.74) is 3.67. The molecule has 1 nitrogen and oxygen atoms in total. The van der Waals surface area contributed by atoms with Gasteiger partial charge in [-0.3, -0.25) is 0 Å². The molecular weight excluding hydrogens is 320 g/mol. The third-order valence-electron chi connectivity index (χ3n) is 3.40. The van der Waals surface area contributed by atoms with Crippen LogP contribution in [0.2, 0.25) is 0 Å². The molecule has 0 saturated carbocycles. The average Bonchev–Trinajstić information content (AvgIpc) is 2.46. The van der Waals surface area contributed by atoms with Gasteiger partial charge in [-0.15, -0.1) is 0 Å². The fraction of sp³-hybridized carbons (Fsp3) is 0.125. The smallest absolute Gasteiger partial charge is 0.162 e. The van der Waals surface area contributed by atoms with E-state index in [2.05, 4.69) is 34.1 Å². The molecule has 0 spiro atoms. The molecule has 3 heteroatoms. The van der Waals surface area contributed by atoms with Crippen molar-refractivity contribution >= 4 is 27.1 Å². The molecule has 0 bridgehead atoms. The zero-order chi connectivity index (χ0) is 13.2. The lowest BCUT2D eigenvalue weighted by Crippen LogP contribution is -2.16. The first-order valence-corrected chi connectivity index (χ1v) is 8.23. The molecule has 1 atom stereocenters. The minimum Gasteiger partial charge on any atom is -0.606 e. The molecule has 0 radical (unpaired) electrons. The molecule has 0 aliphatic carbocycles. The number of hydrogen-bond donors (Lipinski definition) is 0. The average molecular weight is 333 g/mol. The van der Waals surface area contributed by atoms with Crippen LogP contribution in [-0.2, 0) is 24.0 Å². The van der Waals surface area contributed by atoms with Crippen LogP contribution >= 0.6 is 15.9 Å². The van der Waals surface area contributed by atoms with Gasteiger partial charge in [-0.2, -0.15) is 0 Å². The Balaban J connectivity index is 2.09. The highest BCUT2D eigenvalue weighted by atomic mass is 79.9. The quantitative estimate of drug-likeness (QED) is 0.755. The Morgan fingerprint density at radius 1 is 1.11 bits per heavy atom. The van der Waals surface area contributed by atoms with Gasteiger partial charge in [0.1, 0.15) is 0 Å². The Kier molecular flexibility index (Phi) is 3.78. The predicted molar refractivity (Wildman–Crippen MR) is 82.1 cm³/mol. The molecule has 0 saturated heterocycles. The van der Waals surface area contributed by atoms with Crippen LogP contribution in [0.3, 0.4) is 0 Å². The SMILES string of the molecule is [O-][S+]1c2ccccc2Cc2c(CC=CBr)cccc21. The number of hydrogen-bond acceptors (Lipinski definition) is 1. The van der Waals surface area contributed by atoms with Crippen molar-refractivity contribution in [3.8, 4) is 0 Å². The van der Waals surface area contributed by atoms with Crippen molar-refractivity contribution in [2.45, 2.75) is 22.6 Å². The maximum atomic E-state index is 12.6. The van der Waals surface area contributed by atoms with E-state index in [1.54, 1.807) is 0 Å². The van der Waals surface area contributed by atoms with Gasteiger partial charge in [0.15, 0.2) is 9.79 Å². The summed E-state index contributed by atoms with van der Waals surface area (Å²) in [7, 11) is 0. The summed E-state index contributed by atoms with van der Waals surface area (Å²) in [5, 5.41) is 0. The molecule has 0 aromatic heterocycles. The number of rotatable bonds is 2. The van der Waals surface area contributed by atoms with Gasteiger partial charge in [0.2, 0.25) is 0 Å². The third kappa shape index (κ3) is 2.38. The monoisotopic (exact) mass is 332 g/mol. The molecule has 0 N–H and O–H groups in total. The van der Waals surface area contributed by atoms with Crippen molar-refractivity contribution < 1.29 is 4.55 Å². The molecule has 19 heavy (non-hydrogen) atoms. The molecule has 0 fully saturated rings. The second-order valence-corrected chi connectivity index (χ2v) is 6.46. The van der Waals surface area contributed by atoms with Gasteiger partial charge >= 0.3 is 0 Å². The molecule has 0 amide bonds. The van der Waals surface area contributed by atoms with Crippen LogP contribution < -0.4 is 0 Å². The minimum atomic E-state index is -1.04. The highest BCUT2D eigenvalue weighted by Gasteiger charge is 2.29. The molecule has 1 unspecified atom stereocenters. The van der Waals surface area contributed by atoms with Gasteiger partial charge < -0.3 is 4.55 Å². The Morgan fingerprint density at radius 2 is 1.89 bits per heavy atom. The van der Waals surface area contributed by atoms with Gasteiger partial charge in [-0.05, 0) is 29.1 Å². The number of benzene rings is 2. The van der Waals surface area contributed by atoms with E-state index < -0.39 is 11.2 Å². The Labute approximate surface area is 124 Å². The first-order valence-electron chi connectivity index (χ1n) is 6.17. The highest BCUT2D eigenvalue weighted by Crippen LogP contribution is 2.35. The Hall–Kier alpha value is -1.03. The first kappa shape index (κ1) is 13.0. The van der Waals surface area contributed by atoms with E-state index >= 15 is 0 Å². The van der Waals surface area contributed by atoms with E-state index in [-0.39, 0.29) is 0 Å². The fourth-order valence-corrected chi connectivity index (χ4v) is 4.12. The minimum absolute atomic E-state index is 0.869. The van der Waals surface area contributed by atoms with Crippen molar-refractivity contribution in [1.82, 2.24) is 0 Å². The van der Waals surface area contributed by atoms with Crippen LogP contribution in [0.4, 0.5) is 0 Å².